The lowest BCUT2D eigenvalue weighted by atomic mass is 9.90. The van der Waals surface area contributed by atoms with E-state index in [0.29, 0.717) is 0 Å². The number of rotatable bonds is 4. The number of nitrogens with one attached hydrogen (secondary N) is 1. The Kier molecular flexibility index (Phi) is 5.69. The minimum atomic E-state index is 0.736. The number of hydrogen-bond acceptors (Lipinski definition) is 3. The zero-order chi connectivity index (χ0) is 13.1. The molecule has 2 rings (SSSR count). The largest absolute Gasteiger partial charge is 0.317 e. The second-order valence-electron chi connectivity index (χ2n) is 5.04. The Morgan fingerprint density at radius 3 is 2.50 bits per heavy atom. The van der Waals surface area contributed by atoms with Gasteiger partial charge in [0.2, 0.25) is 0 Å². The first-order chi connectivity index (χ1) is 8.60. The SMILES string of the molecule is CNC1CCC(N(C)Cc2cc(Br)c(Br)s2)CC1. The third-order valence-electron chi connectivity index (χ3n) is 3.83. The molecule has 0 aromatic carbocycles. The van der Waals surface area contributed by atoms with Crippen LogP contribution < -0.4 is 5.32 Å². The van der Waals surface area contributed by atoms with E-state index in [9.17, 15) is 0 Å². The second kappa shape index (κ2) is 6.84. The van der Waals surface area contributed by atoms with Crippen molar-refractivity contribution in [3.63, 3.8) is 0 Å². The highest BCUT2D eigenvalue weighted by atomic mass is 79.9. The van der Waals surface area contributed by atoms with Crippen LogP contribution >= 0.6 is 43.2 Å². The molecule has 1 fully saturated rings. The van der Waals surface area contributed by atoms with Crippen molar-refractivity contribution >= 4 is 43.2 Å². The number of halogens is 2. The first-order valence-corrected chi connectivity index (χ1v) is 8.81. The molecule has 1 aliphatic rings. The van der Waals surface area contributed by atoms with Crippen molar-refractivity contribution in [3.8, 4) is 0 Å². The summed E-state index contributed by atoms with van der Waals surface area (Å²) < 4.78 is 2.37. The van der Waals surface area contributed by atoms with E-state index in [0.717, 1.165) is 18.6 Å². The molecule has 2 nitrogen and oxygen atoms in total. The van der Waals surface area contributed by atoms with Crippen LogP contribution in [0.25, 0.3) is 0 Å². The first-order valence-electron chi connectivity index (χ1n) is 6.41. The van der Waals surface area contributed by atoms with Gasteiger partial charge in [-0.05, 0) is 77.7 Å². The smallest absolute Gasteiger partial charge is 0.0843 e. The summed E-state index contributed by atoms with van der Waals surface area (Å²) in [6, 6.07) is 3.71. The molecule has 5 heteroatoms. The molecular weight excluding hydrogens is 376 g/mol. The Hall–Kier alpha value is 0.580. The average molecular weight is 396 g/mol. The maximum Gasteiger partial charge on any atom is 0.0843 e. The molecule has 0 aliphatic heterocycles. The summed E-state index contributed by atoms with van der Waals surface area (Å²) in [6.07, 6.45) is 5.25. The molecule has 0 bridgehead atoms. The summed E-state index contributed by atoms with van der Waals surface area (Å²) in [5.41, 5.74) is 0. The van der Waals surface area contributed by atoms with Gasteiger partial charge in [-0.15, -0.1) is 11.3 Å². The highest BCUT2D eigenvalue weighted by Crippen LogP contribution is 2.33. The molecule has 0 unspecified atom stereocenters. The lowest BCUT2D eigenvalue weighted by Crippen LogP contribution is -2.39. The molecule has 0 atom stereocenters. The number of nitrogens with zero attached hydrogens (tertiary/aromatic N) is 1. The fourth-order valence-electron chi connectivity index (χ4n) is 2.65. The Balaban J connectivity index is 1.86. The molecule has 1 heterocycles. The van der Waals surface area contributed by atoms with Gasteiger partial charge in [-0.25, -0.2) is 0 Å². The minimum absolute atomic E-state index is 0.736. The van der Waals surface area contributed by atoms with Crippen LogP contribution in [0.1, 0.15) is 30.6 Å². The average Bonchev–Trinajstić information content (AvgIpc) is 2.68. The van der Waals surface area contributed by atoms with E-state index in [1.165, 1.54) is 38.8 Å². The van der Waals surface area contributed by atoms with Crippen molar-refractivity contribution in [2.75, 3.05) is 14.1 Å². The van der Waals surface area contributed by atoms with Crippen LogP contribution in [-0.2, 0) is 6.54 Å². The van der Waals surface area contributed by atoms with Gasteiger partial charge in [0.1, 0.15) is 0 Å². The molecule has 102 valence electrons. The summed E-state index contributed by atoms with van der Waals surface area (Å²) in [4.78, 5) is 3.93. The highest BCUT2D eigenvalue weighted by Gasteiger charge is 2.23. The maximum absolute atomic E-state index is 3.56. The Morgan fingerprint density at radius 2 is 2.00 bits per heavy atom. The Labute approximate surface area is 130 Å². The van der Waals surface area contributed by atoms with Gasteiger partial charge in [-0.2, -0.15) is 0 Å². The molecule has 1 saturated carbocycles. The molecule has 18 heavy (non-hydrogen) atoms. The van der Waals surface area contributed by atoms with Crippen LogP contribution in [0.4, 0.5) is 0 Å². The Morgan fingerprint density at radius 1 is 1.33 bits per heavy atom. The van der Waals surface area contributed by atoms with Gasteiger partial charge in [0.25, 0.3) is 0 Å². The molecule has 1 aliphatic carbocycles. The minimum Gasteiger partial charge on any atom is -0.317 e. The van der Waals surface area contributed by atoms with Gasteiger partial charge in [-0.1, -0.05) is 0 Å². The van der Waals surface area contributed by atoms with Crippen molar-refractivity contribution in [2.45, 2.75) is 44.3 Å². The predicted octanol–water partition coefficient (Wildman–Crippen LogP) is 4.24. The molecule has 0 radical (unpaired) electrons. The van der Waals surface area contributed by atoms with Gasteiger partial charge in [0.15, 0.2) is 0 Å². The lowest BCUT2D eigenvalue weighted by Gasteiger charge is -2.34. The molecule has 0 spiro atoms. The van der Waals surface area contributed by atoms with Gasteiger partial charge in [-0.3, -0.25) is 4.90 Å². The van der Waals surface area contributed by atoms with Gasteiger partial charge >= 0.3 is 0 Å². The maximum atomic E-state index is 3.56. The third-order valence-corrected chi connectivity index (χ3v) is 7.07. The van der Waals surface area contributed by atoms with E-state index in [-0.39, 0.29) is 0 Å². The normalized spacial score (nSPS) is 24.7. The summed E-state index contributed by atoms with van der Waals surface area (Å²) >= 11 is 8.95. The fraction of sp³-hybridized carbons (Fsp3) is 0.692. The monoisotopic (exact) mass is 394 g/mol. The predicted molar refractivity (Wildman–Crippen MR) is 86.3 cm³/mol. The molecule has 1 aromatic heterocycles. The fourth-order valence-corrected chi connectivity index (χ4v) is 4.89. The van der Waals surface area contributed by atoms with Crippen LogP contribution in [0, 0.1) is 0 Å². The zero-order valence-corrected chi connectivity index (χ0v) is 14.9. The first kappa shape index (κ1) is 15.0. The molecule has 0 saturated heterocycles. The van der Waals surface area contributed by atoms with Crippen LogP contribution in [-0.4, -0.2) is 31.1 Å². The van der Waals surface area contributed by atoms with E-state index >= 15 is 0 Å². The van der Waals surface area contributed by atoms with Gasteiger partial charge in [0.05, 0.1) is 3.79 Å². The molecule has 0 amide bonds. The summed E-state index contributed by atoms with van der Waals surface area (Å²) in [7, 11) is 4.33. The highest BCUT2D eigenvalue weighted by molar-refractivity contribution is 9.13. The van der Waals surface area contributed by atoms with E-state index in [1.54, 1.807) is 0 Å². The summed E-state index contributed by atoms with van der Waals surface area (Å²) in [5.74, 6) is 0. The van der Waals surface area contributed by atoms with Crippen molar-refractivity contribution in [1.29, 1.82) is 0 Å². The molecular formula is C13H20Br2N2S. The quantitative estimate of drug-likeness (QED) is 0.820. The summed E-state index contributed by atoms with van der Waals surface area (Å²) in [6.45, 7) is 1.06. The van der Waals surface area contributed by atoms with Crippen molar-refractivity contribution in [3.05, 3.63) is 19.2 Å². The van der Waals surface area contributed by atoms with Gasteiger partial charge < -0.3 is 5.32 Å². The van der Waals surface area contributed by atoms with Crippen molar-refractivity contribution < 1.29 is 0 Å². The number of hydrogen-bond donors (Lipinski definition) is 1. The second-order valence-corrected chi connectivity index (χ2v) is 8.35. The molecule has 1 aromatic rings. The topological polar surface area (TPSA) is 15.3 Å². The van der Waals surface area contributed by atoms with Crippen LogP contribution in [0.3, 0.4) is 0 Å². The van der Waals surface area contributed by atoms with E-state index in [2.05, 4.69) is 62.2 Å². The Bertz CT molecular complexity index is 367. The lowest BCUT2D eigenvalue weighted by molar-refractivity contribution is 0.171. The molecule has 1 N–H and O–H groups in total. The van der Waals surface area contributed by atoms with E-state index in [4.69, 9.17) is 0 Å². The van der Waals surface area contributed by atoms with Gasteiger partial charge in [0, 0.05) is 28.0 Å². The zero-order valence-electron chi connectivity index (χ0n) is 10.9. The third kappa shape index (κ3) is 3.79. The summed E-state index contributed by atoms with van der Waals surface area (Å²) in [5, 5.41) is 3.40. The van der Waals surface area contributed by atoms with Crippen LogP contribution in [0.15, 0.2) is 14.3 Å². The van der Waals surface area contributed by atoms with Crippen LogP contribution in [0.5, 0.6) is 0 Å². The van der Waals surface area contributed by atoms with Crippen LogP contribution in [0.2, 0.25) is 0 Å². The number of thiophene rings is 1. The van der Waals surface area contributed by atoms with Crippen molar-refractivity contribution in [1.82, 2.24) is 10.2 Å². The standard InChI is InChI=1S/C13H20Br2N2S/c1-16-9-3-5-10(6-4-9)17(2)8-11-7-12(14)13(15)18-11/h7,9-10,16H,3-6,8H2,1-2H3. The van der Waals surface area contributed by atoms with E-state index in [1.807, 2.05) is 11.3 Å². The van der Waals surface area contributed by atoms with Crippen molar-refractivity contribution in [2.24, 2.45) is 0 Å². The van der Waals surface area contributed by atoms with E-state index < -0.39 is 0 Å².